The zero-order valence-corrected chi connectivity index (χ0v) is 16.6. The third-order valence-corrected chi connectivity index (χ3v) is 5.77. The average molecular weight is 391 g/mol. The van der Waals surface area contributed by atoms with Crippen LogP contribution in [0.1, 0.15) is 16.7 Å². The lowest BCUT2D eigenvalue weighted by Crippen LogP contribution is -2.15. The number of benzene rings is 2. The molecule has 2 heterocycles. The first-order valence-corrected chi connectivity index (χ1v) is 10.6. The number of nitrogens with zero attached hydrogens (tertiary/aromatic N) is 2. The summed E-state index contributed by atoms with van der Waals surface area (Å²) < 4.78 is 29.5. The summed E-state index contributed by atoms with van der Waals surface area (Å²) in [5.41, 5.74) is 6.17. The van der Waals surface area contributed by atoms with Crippen LogP contribution in [-0.4, -0.2) is 17.8 Å². The first kappa shape index (κ1) is 18.3. The number of aromatic nitrogens is 2. The lowest BCUT2D eigenvalue weighted by atomic mass is 10.1. The predicted molar refractivity (Wildman–Crippen MR) is 113 cm³/mol. The number of nitrogens with one attached hydrogen (secondary N) is 1. The summed E-state index contributed by atoms with van der Waals surface area (Å²) >= 11 is 0. The van der Waals surface area contributed by atoms with E-state index in [0.717, 1.165) is 33.6 Å². The third-order valence-electron chi connectivity index (χ3n) is 4.51. The molecule has 0 fully saturated rings. The molecule has 2 aromatic heterocycles. The van der Waals surface area contributed by atoms with Crippen molar-refractivity contribution in [1.29, 1.82) is 0 Å². The molecule has 0 spiro atoms. The van der Waals surface area contributed by atoms with Gasteiger partial charge in [0.25, 0.3) is 0 Å². The van der Waals surface area contributed by atoms with Gasteiger partial charge < -0.3 is 4.40 Å². The van der Waals surface area contributed by atoms with Crippen molar-refractivity contribution in [3.05, 3.63) is 89.7 Å². The van der Waals surface area contributed by atoms with Crippen LogP contribution >= 0.6 is 0 Å². The molecule has 0 aliphatic rings. The Kier molecular flexibility index (Phi) is 4.65. The summed E-state index contributed by atoms with van der Waals surface area (Å²) in [6.45, 7) is 3.98. The lowest BCUT2D eigenvalue weighted by Gasteiger charge is -2.09. The maximum absolute atomic E-state index is 12.5. The number of imidazole rings is 1. The Balaban J connectivity index is 1.52. The molecule has 4 rings (SSSR count). The number of hydrogen-bond donors (Lipinski definition) is 1. The van der Waals surface area contributed by atoms with Gasteiger partial charge >= 0.3 is 0 Å². The van der Waals surface area contributed by atoms with Crippen LogP contribution in [-0.2, 0) is 15.8 Å². The highest BCUT2D eigenvalue weighted by molar-refractivity contribution is 7.91. The molecule has 4 aromatic rings. The van der Waals surface area contributed by atoms with E-state index < -0.39 is 10.0 Å². The van der Waals surface area contributed by atoms with Gasteiger partial charge in [0.1, 0.15) is 5.65 Å². The fourth-order valence-electron chi connectivity index (χ4n) is 3.17. The summed E-state index contributed by atoms with van der Waals surface area (Å²) in [5.74, 6) is -0.0534. The van der Waals surface area contributed by atoms with Crippen LogP contribution in [0.2, 0.25) is 0 Å². The fourth-order valence-corrected chi connectivity index (χ4v) is 4.35. The van der Waals surface area contributed by atoms with Gasteiger partial charge in [-0.25, -0.2) is 13.4 Å². The van der Waals surface area contributed by atoms with Gasteiger partial charge in [-0.1, -0.05) is 42.0 Å². The van der Waals surface area contributed by atoms with E-state index in [-0.39, 0.29) is 5.75 Å². The molecule has 6 heteroatoms. The van der Waals surface area contributed by atoms with Gasteiger partial charge in [0, 0.05) is 23.6 Å². The first-order chi connectivity index (χ1) is 13.4. The summed E-state index contributed by atoms with van der Waals surface area (Å²) in [7, 11) is -3.48. The van der Waals surface area contributed by atoms with E-state index in [1.807, 2.05) is 79.2 Å². The first-order valence-electron chi connectivity index (χ1n) is 9.00. The van der Waals surface area contributed by atoms with Crippen molar-refractivity contribution < 1.29 is 8.42 Å². The quantitative estimate of drug-likeness (QED) is 0.542. The van der Waals surface area contributed by atoms with Crippen molar-refractivity contribution in [2.24, 2.45) is 0 Å². The lowest BCUT2D eigenvalue weighted by molar-refractivity contribution is 0.600. The minimum Gasteiger partial charge on any atom is -0.306 e. The number of aryl methyl sites for hydroxylation is 2. The molecule has 0 aliphatic heterocycles. The van der Waals surface area contributed by atoms with E-state index in [9.17, 15) is 8.42 Å². The van der Waals surface area contributed by atoms with Crippen LogP contribution in [0.3, 0.4) is 0 Å². The Morgan fingerprint density at radius 3 is 2.46 bits per heavy atom. The van der Waals surface area contributed by atoms with Crippen molar-refractivity contribution in [1.82, 2.24) is 9.38 Å². The Hall–Kier alpha value is -3.12. The molecule has 0 amide bonds. The molecule has 0 saturated heterocycles. The van der Waals surface area contributed by atoms with Gasteiger partial charge in [-0.05, 0) is 49.2 Å². The number of rotatable bonds is 5. The van der Waals surface area contributed by atoms with Gasteiger partial charge in [0.05, 0.1) is 11.4 Å². The van der Waals surface area contributed by atoms with Gasteiger partial charge in [-0.3, -0.25) is 4.72 Å². The van der Waals surface area contributed by atoms with Crippen molar-refractivity contribution in [3.8, 4) is 11.3 Å². The normalized spacial score (nSPS) is 11.6. The number of anilines is 1. The van der Waals surface area contributed by atoms with Crippen molar-refractivity contribution in [2.75, 3.05) is 4.72 Å². The Bertz CT molecular complexity index is 1240. The maximum Gasteiger partial charge on any atom is 0.236 e. The third kappa shape index (κ3) is 4.07. The van der Waals surface area contributed by atoms with Crippen LogP contribution in [0.5, 0.6) is 0 Å². The zero-order chi connectivity index (χ0) is 19.7. The largest absolute Gasteiger partial charge is 0.306 e. The van der Waals surface area contributed by atoms with Crippen LogP contribution in [0.15, 0.2) is 73.1 Å². The summed E-state index contributed by atoms with van der Waals surface area (Å²) in [6.07, 6.45) is 3.95. The number of sulfonamides is 1. The Labute approximate surface area is 164 Å². The molecule has 1 N–H and O–H groups in total. The smallest absolute Gasteiger partial charge is 0.236 e. The molecule has 0 unspecified atom stereocenters. The molecule has 0 aliphatic carbocycles. The molecule has 0 atom stereocenters. The highest BCUT2D eigenvalue weighted by atomic mass is 32.2. The highest BCUT2D eigenvalue weighted by Gasteiger charge is 2.12. The number of hydrogen-bond acceptors (Lipinski definition) is 3. The van der Waals surface area contributed by atoms with E-state index >= 15 is 0 Å². The van der Waals surface area contributed by atoms with Crippen molar-refractivity contribution in [2.45, 2.75) is 19.6 Å². The molecule has 0 bridgehead atoms. The van der Waals surface area contributed by atoms with Crippen molar-refractivity contribution >= 4 is 21.4 Å². The minimum atomic E-state index is -3.48. The molecular formula is C22H21N3O2S. The van der Waals surface area contributed by atoms with E-state index in [0.29, 0.717) is 5.69 Å². The summed E-state index contributed by atoms with van der Waals surface area (Å²) in [6, 6.07) is 18.8. The molecular weight excluding hydrogens is 370 g/mol. The molecule has 0 saturated carbocycles. The highest BCUT2D eigenvalue weighted by Crippen LogP contribution is 2.22. The Morgan fingerprint density at radius 2 is 1.71 bits per heavy atom. The second kappa shape index (κ2) is 7.13. The van der Waals surface area contributed by atoms with E-state index in [2.05, 4.69) is 9.71 Å². The van der Waals surface area contributed by atoms with Gasteiger partial charge in [-0.15, -0.1) is 0 Å². The molecule has 5 nitrogen and oxygen atoms in total. The number of fused-ring (bicyclic) bond motifs is 1. The zero-order valence-electron chi connectivity index (χ0n) is 15.8. The second-order valence-corrected chi connectivity index (χ2v) is 8.75. The minimum absolute atomic E-state index is 0.0534. The fraction of sp³-hybridized carbons (Fsp3) is 0.136. The van der Waals surface area contributed by atoms with Crippen LogP contribution < -0.4 is 4.72 Å². The topological polar surface area (TPSA) is 63.5 Å². The van der Waals surface area contributed by atoms with E-state index in [1.54, 1.807) is 12.1 Å². The van der Waals surface area contributed by atoms with Crippen LogP contribution in [0, 0.1) is 13.8 Å². The Morgan fingerprint density at radius 1 is 0.964 bits per heavy atom. The van der Waals surface area contributed by atoms with Crippen molar-refractivity contribution in [3.63, 3.8) is 0 Å². The van der Waals surface area contributed by atoms with Crippen LogP contribution in [0.4, 0.5) is 5.69 Å². The SMILES string of the molecule is Cc1cccc(CS(=O)(=O)Nc2ccc(-c3cn4ccc(C)cc4n3)cc2)c1. The molecule has 2 aromatic carbocycles. The molecule has 0 radical (unpaired) electrons. The maximum atomic E-state index is 12.5. The predicted octanol–water partition coefficient (Wildman–Crippen LogP) is 4.56. The average Bonchev–Trinajstić information content (AvgIpc) is 3.04. The monoisotopic (exact) mass is 391 g/mol. The molecule has 142 valence electrons. The van der Waals surface area contributed by atoms with Gasteiger partial charge in [0.2, 0.25) is 10.0 Å². The van der Waals surface area contributed by atoms with E-state index in [1.165, 1.54) is 0 Å². The second-order valence-electron chi connectivity index (χ2n) is 7.02. The summed E-state index contributed by atoms with van der Waals surface area (Å²) in [5, 5.41) is 0. The standard InChI is InChI=1S/C22H21N3O2S/c1-16-4-3-5-18(12-16)15-28(26,27)24-20-8-6-19(7-9-20)21-14-25-11-10-17(2)13-22(25)23-21/h3-14,24H,15H2,1-2H3. The number of pyridine rings is 1. The molecule has 28 heavy (non-hydrogen) atoms. The summed E-state index contributed by atoms with van der Waals surface area (Å²) in [4.78, 5) is 4.64. The van der Waals surface area contributed by atoms with Crippen LogP contribution in [0.25, 0.3) is 16.9 Å². The van der Waals surface area contributed by atoms with Gasteiger partial charge in [0.15, 0.2) is 0 Å². The van der Waals surface area contributed by atoms with E-state index in [4.69, 9.17) is 0 Å². The van der Waals surface area contributed by atoms with Gasteiger partial charge in [-0.2, -0.15) is 0 Å².